The minimum atomic E-state index is -1.55. The highest BCUT2D eigenvalue weighted by molar-refractivity contribution is 5.87. The lowest BCUT2D eigenvalue weighted by Crippen LogP contribution is -2.47. The molecule has 0 radical (unpaired) electrons. The SMILES string of the molecule is C[C@@H](NC(=O)Cn1cnnn1)C(=O)N1CCC(F)(c2ccccc2)C1. The fourth-order valence-electron chi connectivity index (χ4n) is 2.96. The maximum Gasteiger partial charge on any atom is 0.244 e. The van der Waals surface area contributed by atoms with Gasteiger partial charge in [0.05, 0.1) is 6.54 Å². The number of amides is 2. The Morgan fingerprint density at radius 1 is 1.36 bits per heavy atom. The number of hydrogen-bond acceptors (Lipinski definition) is 5. The number of nitrogens with one attached hydrogen (secondary N) is 1. The van der Waals surface area contributed by atoms with E-state index in [0.29, 0.717) is 12.1 Å². The standard InChI is InChI=1S/C16H19FN6O2/c1-12(19-14(24)9-23-11-18-20-21-23)15(25)22-8-7-16(17,10-22)13-5-3-2-4-6-13/h2-6,11-12H,7-10H2,1H3,(H,19,24)/t12-,16?/m1/s1. The molecule has 25 heavy (non-hydrogen) atoms. The van der Waals surface area contributed by atoms with E-state index in [9.17, 15) is 9.59 Å². The Morgan fingerprint density at radius 2 is 2.12 bits per heavy atom. The molecule has 2 atom stereocenters. The normalized spacial score (nSPS) is 21.1. The molecule has 2 heterocycles. The van der Waals surface area contributed by atoms with E-state index in [1.165, 1.54) is 15.9 Å². The molecule has 9 heteroatoms. The maximum atomic E-state index is 15.1. The third-order valence-electron chi connectivity index (χ3n) is 4.27. The highest BCUT2D eigenvalue weighted by atomic mass is 19.1. The number of carbonyl (C=O) groups excluding carboxylic acids is 2. The van der Waals surface area contributed by atoms with Gasteiger partial charge in [-0.25, -0.2) is 9.07 Å². The van der Waals surface area contributed by atoms with Crippen molar-refractivity contribution in [1.29, 1.82) is 0 Å². The number of carbonyl (C=O) groups is 2. The first-order chi connectivity index (χ1) is 12.0. The van der Waals surface area contributed by atoms with Crippen LogP contribution in [0.1, 0.15) is 18.9 Å². The molecule has 0 spiro atoms. The van der Waals surface area contributed by atoms with Gasteiger partial charge in [0.1, 0.15) is 18.9 Å². The summed E-state index contributed by atoms with van der Waals surface area (Å²) >= 11 is 0. The van der Waals surface area contributed by atoms with Crippen LogP contribution in [0.2, 0.25) is 0 Å². The minimum absolute atomic E-state index is 0.0109. The van der Waals surface area contributed by atoms with Gasteiger partial charge in [-0.1, -0.05) is 30.3 Å². The Morgan fingerprint density at radius 3 is 2.80 bits per heavy atom. The van der Waals surface area contributed by atoms with E-state index < -0.39 is 11.7 Å². The van der Waals surface area contributed by atoms with Crippen molar-refractivity contribution in [1.82, 2.24) is 30.4 Å². The third-order valence-corrected chi connectivity index (χ3v) is 4.27. The number of nitrogens with zero attached hydrogens (tertiary/aromatic N) is 5. The predicted octanol–water partition coefficient (Wildman–Crippen LogP) is 0.275. The van der Waals surface area contributed by atoms with Crippen molar-refractivity contribution < 1.29 is 14.0 Å². The topological polar surface area (TPSA) is 93.0 Å². The molecule has 1 aliphatic heterocycles. The molecule has 2 amide bonds. The van der Waals surface area contributed by atoms with Gasteiger partial charge in [-0.3, -0.25) is 9.59 Å². The van der Waals surface area contributed by atoms with Crippen molar-refractivity contribution in [2.24, 2.45) is 0 Å². The first-order valence-corrected chi connectivity index (χ1v) is 8.01. The molecule has 0 saturated carbocycles. The Labute approximate surface area is 144 Å². The molecule has 0 aliphatic carbocycles. The van der Waals surface area contributed by atoms with Crippen LogP contribution in [0.3, 0.4) is 0 Å². The van der Waals surface area contributed by atoms with Crippen LogP contribution in [0.4, 0.5) is 4.39 Å². The third kappa shape index (κ3) is 3.81. The number of tetrazole rings is 1. The highest BCUT2D eigenvalue weighted by Crippen LogP contribution is 2.36. The van der Waals surface area contributed by atoms with Crippen molar-refractivity contribution in [3.63, 3.8) is 0 Å². The zero-order valence-electron chi connectivity index (χ0n) is 13.8. The molecule has 2 aromatic rings. The molecular weight excluding hydrogens is 327 g/mol. The summed E-state index contributed by atoms with van der Waals surface area (Å²) in [5, 5.41) is 13.0. The molecule has 132 valence electrons. The van der Waals surface area contributed by atoms with Crippen LogP contribution in [-0.2, 0) is 21.8 Å². The Kier molecular flexibility index (Phi) is 4.73. The molecule has 1 fully saturated rings. The number of halogens is 1. The van der Waals surface area contributed by atoms with Crippen LogP contribution in [0.5, 0.6) is 0 Å². The highest BCUT2D eigenvalue weighted by Gasteiger charge is 2.42. The summed E-state index contributed by atoms with van der Waals surface area (Å²) < 4.78 is 16.4. The number of likely N-dealkylation sites (tertiary alicyclic amines) is 1. The number of aromatic nitrogens is 4. The van der Waals surface area contributed by atoms with Crippen LogP contribution < -0.4 is 5.32 Å². The number of benzene rings is 1. The predicted molar refractivity (Wildman–Crippen MR) is 85.8 cm³/mol. The van der Waals surface area contributed by atoms with Crippen LogP contribution >= 0.6 is 0 Å². The monoisotopic (exact) mass is 346 g/mol. The minimum Gasteiger partial charge on any atom is -0.343 e. The van der Waals surface area contributed by atoms with Crippen molar-refractivity contribution in [3.8, 4) is 0 Å². The van der Waals surface area contributed by atoms with Crippen molar-refractivity contribution in [3.05, 3.63) is 42.2 Å². The van der Waals surface area contributed by atoms with E-state index in [4.69, 9.17) is 0 Å². The van der Waals surface area contributed by atoms with E-state index in [1.54, 1.807) is 31.2 Å². The summed E-state index contributed by atoms with van der Waals surface area (Å²) in [6, 6.07) is 8.09. The van der Waals surface area contributed by atoms with Gasteiger partial charge in [0, 0.05) is 13.0 Å². The van der Waals surface area contributed by atoms with Gasteiger partial charge < -0.3 is 10.2 Å². The quantitative estimate of drug-likeness (QED) is 0.839. The number of hydrogen-bond donors (Lipinski definition) is 1. The van der Waals surface area contributed by atoms with Crippen molar-refractivity contribution in [2.45, 2.75) is 31.6 Å². The molecule has 1 aromatic carbocycles. The lowest BCUT2D eigenvalue weighted by molar-refractivity contribution is -0.135. The average Bonchev–Trinajstić information content (AvgIpc) is 3.25. The zero-order valence-corrected chi connectivity index (χ0v) is 13.8. The second-order valence-electron chi connectivity index (χ2n) is 6.14. The zero-order chi connectivity index (χ0) is 17.9. The van der Waals surface area contributed by atoms with Gasteiger partial charge in [-0.2, -0.15) is 0 Å². The molecule has 1 aliphatic rings. The first-order valence-electron chi connectivity index (χ1n) is 8.01. The summed E-state index contributed by atoms with van der Waals surface area (Å²) in [7, 11) is 0. The lowest BCUT2D eigenvalue weighted by Gasteiger charge is -2.24. The average molecular weight is 346 g/mol. The summed E-state index contributed by atoms with van der Waals surface area (Å²) in [6.07, 6.45) is 1.55. The number of rotatable bonds is 5. The van der Waals surface area contributed by atoms with E-state index in [1.807, 2.05) is 6.07 Å². The van der Waals surface area contributed by atoms with Crippen molar-refractivity contribution >= 4 is 11.8 Å². The Bertz CT molecular complexity index is 738. The van der Waals surface area contributed by atoms with Gasteiger partial charge in [0.2, 0.25) is 11.8 Å². The van der Waals surface area contributed by atoms with E-state index >= 15 is 4.39 Å². The fraction of sp³-hybridized carbons (Fsp3) is 0.438. The van der Waals surface area contributed by atoms with E-state index in [0.717, 1.165) is 0 Å². The molecule has 1 saturated heterocycles. The van der Waals surface area contributed by atoms with Crippen LogP contribution in [-0.4, -0.2) is 56.1 Å². The van der Waals surface area contributed by atoms with E-state index in [2.05, 4.69) is 20.8 Å². The first kappa shape index (κ1) is 17.0. The summed E-state index contributed by atoms with van der Waals surface area (Å²) in [6.45, 7) is 1.81. The fourth-order valence-corrected chi connectivity index (χ4v) is 2.96. The van der Waals surface area contributed by atoms with Gasteiger partial charge in [0.15, 0.2) is 5.67 Å². The van der Waals surface area contributed by atoms with Crippen LogP contribution in [0.15, 0.2) is 36.7 Å². The molecular formula is C16H19FN6O2. The Hall–Kier alpha value is -2.84. The maximum absolute atomic E-state index is 15.1. The largest absolute Gasteiger partial charge is 0.343 e. The molecule has 1 aromatic heterocycles. The van der Waals surface area contributed by atoms with Gasteiger partial charge in [0.25, 0.3) is 0 Å². The Balaban J connectivity index is 1.57. The second kappa shape index (κ2) is 6.96. The molecule has 3 rings (SSSR count). The molecule has 1 unspecified atom stereocenters. The smallest absolute Gasteiger partial charge is 0.244 e. The second-order valence-corrected chi connectivity index (χ2v) is 6.14. The molecule has 1 N–H and O–H groups in total. The summed E-state index contributed by atoms with van der Waals surface area (Å²) in [4.78, 5) is 25.9. The summed E-state index contributed by atoms with van der Waals surface area (Å²) in [5.74, 6) is -0.692. The van der Waals surface area contributed by atoms with Crippen LogP contribution in [0.25, 0.3) is 0 Å². The summed E-state index contributed by atoms with van der Waals surface area (Å²) in [5.41, 5.74) is -0.978. The van der Waals surface area contributed by atoms with Gasteiger partial charge >= 0.3 is 0 Å². The van der Waals surface area contributed by atoms with Crippen molar-refractivity contribution in [2.75, 3.05) is 13.1 Å². The molecule has 0 bridgehead atoms. The van der Waals surface area contributed by atoms with Gasteiger partial charge in [-0.05, 0) is 22.9 Å². The number of alkyl halides is 1. The lowest BCUT2D eigenvalue weighted by atomic mass is 9.95. The van der Waals surface area contributed by atoms with Crippen LogP contribution in [0, 0.1) is 0 Å². The van der Waals surface area contributed by atoms with Gasteiger partial charge in [-0.15, -0.1) is 5.10 Å². The molecule has 8 nitrogen and oxygen atoms in total. The van der Waals surface area contributed by atoms with E-state index in [-0.39, 0.29) is 31.3 Å².